The summed E-state index contributed by atoms with van der Waals surface area (Å²) in [6, 6.07) is 7.60. The lowest BCUT2D eigenvalue weighted by molar-refractivity contribution is -0.138. The molecular formula is C15H20O6Si. The lowest BCUT2D eigenvalue weighted by Crippen LogP contribution is -2.55. The van der Waals surface area contributed by atoms with Gasteiger partial charge in [-0.25, -0.2) is 0 Å². The average Bonchev–Trinajstić information content (AvgIpc) is 3.28. The van der Waals surface area contributed by atoms with Gasteiger partial charge in [0.05, 0.1) is 6.61 Å². The Hall–Kier alpha value is -1.86. The molecule has 2 rings (SSSR count). The number of epoxide rings is 1. The van der Waals surface area contributed by atoms with Crippen molar-refractivity contribution in [1.29, 1.82) is 0 Å². The zero-order valence-corrected chi connectivity index (χ0v) is 14.0. The minimum Gasteiger partial charge on any atom is -0.491 e. The molecule has 1 saturated heterocycles. The zero-order chi connectivity index (χ0) is 16.2. The van der Waals surface area contributed by atoms with E-state index in [1.165, 1.54) is 13.8 Å². The molecule has 0 aromatic heterocycles. The first-order valence-corrected chi connectivity index (χ1v) is 9.21. The third kappa shape index (κ3) is 4.31. The van der Waals surface area contributed by atoms with Gasteiger partial charge in [-0.3, -0.25) is 9.59 Å². The van der Waals surface area contributed by atoms with Crippen LogP contribution in [0.5, 0.6) is 5.75 Å². The Bertz CT molecular complexity index is 539. The Morgan fingerprint density at radius 3 is 2.41 bits per heavy atom. The Balaban J connectivity index is 2.25. The maximum atomic E-state index is 11.5. The first-order valence-electron chi connectivity index (χ1n) is 7.19. The number of hydrogen-bond donors (Lipinski definition) is 0. The molecule has 0 amide bonds. The number of hydrogen-bond acceptors (Lipinski definition) is 6. The van der Waals surface area contributed by atoms with Gasteiger partial charge in [-0.2, -0.15) is 0 Å². The molecule has 1 aliphatic heterocycles. The van der Waals surface area contributed by atoms with E-state index in [1.807, 2.05) is 13.0 Å². The summed E-state index contributed by atoms with van der Waals surface area (Å²) in [6.45, 7) is 5.65. The molecule has 1 fully saturated rings. The van der Waals surface area contributed by atoms with Crippen LogP contribution in [0.4, 0.5) is 0 Å². The standard InChI is InChI=1S/C15H20O6Si/c1-4-22(20-11(2)16,21-12(3)17)15-7-5-6-13(8-15)18-9-14-10-19-14/h5-8,14H,4,9-10H2,1-3H3. The zero-order valence-electron chi connectivity index (χ0n) is 13.0. The molecule has 1 aromatic rings. The second kappa shape index (κ2) is 6.93. The predicted molar refractivity (Wildman–Crippen MR) is 81.1 cm³/mol. The predicted octanol–water partition coefficient (Wildman–Crippen LogP) is 1.26. The van der Waals surface area contributed by atoms with E-state index >= 15 is 0 Å². The maximum Gasteiger partial charge on any atom is 0.499 e. The first-order chi connectivity index (χ1) is 10.4. The minimum absolute atomic E-state index is 0.152. The van der Waals surface area contributed by atoms with Gasteiger partial charge in [0.15, 0.2) is 0 Å². The van der Waals surface area contributed by atoms with Crippen molar-refractivity contribution in [2.24, 2.45) is 0 Å². The summed E-state index contributed by atoms with van der Waals surface area (Å²) in [7, 11) is -3.15. The SMILES string of the molecule is CC[Si](OC(C)=O)(OC(C)=O)c1cccc(OCC2CO2)c1. The normalized spacial score (nSPS) is 16.8. The van der Waals surface area contributed by atoms with Gasteiger partial charge in [-0.05, 0) is 12.1 Å². The molecule has 120 valence electrons. The van der Waals surface area contributed by atoms with Crippen molar-refractivity contribution in [1.82, 2.24) is 0 Å². The van der Waals surface area contributed by atoms with Crippen molar-refractivity contribution in [3.8, 4) is 5.75 Å². The average molecular weight is 324 g/mol. The van der Waals surface area contributed by atoms with Crippen LogP contribution in [0.25, 0.3) is 0 Å². The van der Waals surface area contributed by atoms with Crippen molar-refractivity contribution in [2.45, 2.75) is 32.9 Å². The molecule has 1 atom stereocenters. The third-order valence-electron chi connectivity index (χ3n) is 3.19. The smallest absolute Gasteiger partial charge is 0.491 e. The number of ether oxygens (including phenoxy) is 2. The van der Waals surface area contributed by atoms with E-state index in [2.05, 4.69) is 0 Å². The van der Waals surface area contributed by atoms with Crippen LogP contribution in [0, 0.1) is 0 Å². The molecule has 1 heterocycles. The van der Waals surface area contributed by atoms with E-state index in [1.54, 1.807) is 18.2 Å². The molecule has 0 bridgehead atoms. The molecule has 22 heavy (non-hydrogen) atoms. The quantitative estimate of drug-likeness (QED) is 0.555. The number of benzene rings is 1. The lowest BCUT2D eigenvalue weighted by Gasteiger charge is -2.28. The summed E-state index contributed by atoms with van der Waals surface area (Å²) < 4.78 is 21.6. The van der Waals surface area contributed by atoms with Gasteiger partial charge in [0.25, 0.3) is 11.9 Å². The highest BCUT2D eigenvalue weighted by atomic mass is 28.4. The summed E-state index contributed by atoms with van der Waals surface area (Å²) in [5.41, 5.74) is 0. The van der Waals surface area contributed by atoms with E-state index in [-0.39, 0.29) is 6.10 Å². The van der Waals surface area contributed by atoms with Crippen LogP contribution in [-0.2, 0) is 23.2 Å². The van der Waals surface area contributed by atoms with E-state index in [9.17, 15) is 9.59 Å². The van der Waals surface area contributed by atoms with Crippen LogP contribution >= 0.6 is 0 Å². The summed E-state index contributed by atoms with van der Waals surface area (Å²) in [6.07, 6.45) is 0.152. The van der Waals surface area contributed by atoms with Crippen molar-refractivity contribution >= 4 is 25.7 Å². The van der Waals surface area contributed by atoms with Crippen LogP contribution in [0.1, 0.15) is 20.8 Å². The Morgan fingerprint density at radius 1 is 1.27 bits per heavy atom. The summed E-state index contributed by atoms with van der Waals surface area (Å²) in [5.74, 6) is -0.294. The van der Waals surface area contributed by atoms with E-state index in [4.69, 9.17) is 18.3 Å². The van der Waals surface area contributed by atoms with E-state index in [0.717, 1.165) is 0 Å². The van der Waals surface area contributed by atoms with Crippen molar-refractivity contribution in [2.75, 3.05) is 13.2 Å². The van der Waals surface area contributed by atoms with Gasteiger partial charge in [0, 0.05) is 25.1 Å². The number of carbonyl (C=O) groups excluding carboxylic acids is 2. The van der Waals surface area contributed by atoms with Gasteiger partial charge in [-0.1, -0.05) is 19.1 Å². The molecular weight excluding hydrogens is 304 g/mol. The second-order valence-electron chi connectivity index (χ2n) is 5.09. The van der Waals surface area contributed by atoms with Crippen molar-refractivity contribution < 1.29 is 27.9 Å². The molecule has 1 unspecified atom stereocenters. The van der Waals surface area contributed by atoms with Crippen LogP contribution in [0.15, 0.2) is 24.3 Å². The Morgan fingerprint density at radius 2 is 1.91 bits per heavy atom. The van der Waals surface area contributed by atoms with Crippen LogP contribution < -0.4 is 9.92 Å². The summed E-state index contributed by atoms with van der Waals surface area (Å²) >= 11 is 0. The van der Waals surface area contributed by atoms with Gasteiger partial charge in [0.1, 0.15) is 18.5 Å². The number of rotatable bonds is 7. The highest BCUT2D eigenvalue weighted by Crippen LogP contribution is 2.19. The third-order valence-corrected chi connectivity index (χ3v) is 6.55. The van der Waals surface area contributed by atoms with Gasteiger partial charge in [-0.15, -0.1) is 0 Å². The van der Waals surface area contributed by atoms with Crippen LogP contribution in [0.2, 0.25) is 6.04 Å². The highest BCUT2D eigenvalue weighted by molar-refractivity contribution is 6.83. The Labute approximate surface area is 130 Å². The van der Waals surface area contributed by atoms with Crippen molar-refractivity contribution in [3.63, 3.8) is 0 Å². The lowest BCUT2D eigenvalue weighted by atomic mass is 10.3. The van der Waals surface area contributed by atoms with E-state index in [0.29, 0.717) is 30.2 Å². The summed E-state index contributed by atoms with van der Waals surface area (Å²) in [5, 5.41) is 0.689. The minimum atomic E-state index is -3.15. The summed E-state index contributed by atoms with van der Waals surface area (Å²) in [4.78, 5) is 22.9. The molecule has 0 radical (unpaired) electrons. The molecule has 7 heteroatoms. The highest BCUT2D eigenvalue weighted by Gasteiger charge is 2.45. The fraction of sp³-hybridized carbons (Fsp3) is 0.467. The molecule has 0 saturated carbocycles. The topological polar surface area (TPSA) is 74.4 Å². The molecule has 1 aromatic carbocycles. The number of carbonyl (C=O) groups is 2. The largest absolute Gasteiger partial charge is 0.499 e. The van der Waals surface area contributed by atoms with Crippen LogP contribution in [0.3, 0.4) is 0 Å². The molecule has 0 spiro atoms. The Kier molecular flexibility index (Phi) is 5.20. The second-order valence-corrected chi connectivity index (χ2v) is 8.29. The molecule has 6 nitrogen and oxygen atoms in total. The van der Waals surface area contributed by atoms with Gasteiger partial charge in [0.2, 0.25) is 0 Å². The van der Waals surface area contributed by atoms with E-state index < -0.39 is 20.5 Å². The fourth-order valence-electron chi connectivity index (χ4n) is 2.13. The van der Waals surface area contributed by atoms with Gasteiger partial charge < -0.3 is 18.3 Å². The monoisotopic (exact) mass is 324 g/mol. The molecule has 0 aliphatic carbocycles. The maximum absolute atomic E-state index is 11.5. The van der Waals surface area contributed by atoms with Crippen LogP contribution in [-0.4, -0.2) is 39.8 Å². The van der Waals surface area contributed by atoms with Gasteiger partial charge >= 0.3 is 8.56 Å². The van der Waals surface area contributed by atoms with Crippen molar-refractivity contribution in [3.05, 3.63) is 24.3 Å². The molecule has 1 aliphatic rings. The molecule has 0 N–H and O–H groups in total. The first kappa shape index (κ1) is 16.5. The fourth-order valence-corrected chi connectivity index (χ4v) is 4.74.